The van der Waals surface area contributed by atoms with E-state index < -0.39 is 17.7 Å². The van der Waals surface area contributed by atoms with E-state index >= 15 is 0 Å². The number of hydrogen-bond donors (Lipinski definition) is 2. The maximum absolute atomic E-state index is 13.1. The minimum atomic E-state index is -0.939. The molecule has 0 radical (unpaired) electrons. The zero-order chi connectivity index (χ0) is 14.3. The van der Waals surface area contributed by atoms with Crippen molar-refractivity contribution in [2.45, 2.75) is 31.9 Å². The van der Waals surface area contributed by atoms with E-state index in [0.717, 1.165) is 18.6 Å². The molecular weight excluding hydrogens is 252 g/mol. The second kappa shape index (κ2) is 8.19. The quantitative estimate of drug-likeness (QED) is 0.715. The van der Waals surface area contributed by atoms with Gasteiger partial charge in [0.05, 0.1) is 6.10 Å². The first-order chi connectivity index (χ1) is 9.10. The van der Waals surface area contributed by atoms with E-state index in [0.29, 0.717) is 25.1 Å². The Morgan fingerprint density at radius 1 is 1.32 bits per heavy atom. The number of ether oxygens (including phenoxy) is 1. The molecule has 0 aromatic heterocycles. The molecule has 0 fully saturated rings. The summed E-state index contributed by atoms with van der Waals surface area (Å²) in [5.41, 5.74) is 0.380. The molecule has 0 aliphatic heterocycles. The SMILES string of the molecule is CCC(NCCCOC)C(O)c1ccc(F)c(F)c1. The molecule has 1 aromatic rings. The smallest absolute Gasteiger partial charge is 0.159 e. The Labute approximate surface area is 112 Å². The maximum Gasteiger partial charge on any atom is 0.159 e. The van der Waals surface area contributed by atoms with Gasteiger partial charge in [-0.15, -0.1) is 0 Å². The third-order valence-electron chi connectivity index (χ3n) is 3.04. The molecule has 5 heteroatoms. The van der Waals surface area contributed by atoms with E-state index in [-0.39, 0.29) is 6.04 Å². The van der Waals surface area contributed by atoms with Crippen molar-refractivity contribution in [1.29, 1.82) is 0 Å². The zero-order valence-electron chi connectivity index (χ0n) is 11.3. The molecule has 0 saturated heterocycles. The second-order valence-electron chi connectivity index (χ2n) is 4.43. The highest BCUT2D eigenvalue weighted by Gasteiger charge is 2.19. The lowest BCUT2D eigenvalue weighted by molar-refractivity contribution is 0.122. The molecule has 0 saturated carbocycles. The molecule has 3 nitrogen and oxygen atoms in total. The number of rotatable bonds is 8. The van der Waals surface area contributed by atoms with Crippen molar-refractivity contribution in [2.24, 2.45) is 0 Å². The average molecular weight is 273 g/mol. The first-order valence-corrected chi connectivity index (χ1v) is 6.45. The molecule has 0 aliphatic rings. The Bertz CT molecular complexity index is 388. The fourth-order valence-corrected chi connectivity index (χ4v) is 1.91. The number of nitrogens with one attached hydrogen (secondary N) is 1. The number of aliphatic hydroxyl groups is 1. The van der Waals surface area contributed by atoms with E-state index in [1.54, 1.807) is 7.11 Å². The molecule has 2 unspecified atom stereocenters. The first kappa shape index (κ1) is 16.0. The van der Waals surface area contributed by atoms with E-state index in [1.807, 2.05) is 6.92 Å². The van der Waals surface area contributed by atoms with Gasteiger partial charge in [-0.2, -0.15) is 0 Å². The third kappa shape index (κ3) is 4.86. The Hall–Kier alpha value is -1.04. The largest absolute Gasteiger partial charge is 0.387 e. The van der Waals surface area contributed by atoms with Crippen molar-refractivity contribution in [2.75, 3.05) is 20.3 Å². The minimum Gasteiger partial charge on any atom is -0.387 e. The van der Waals surface area contributed by atoms with Crippen molar-refractivity contribution in [3.63, 3.8) is 0 Å². The van der Waals surface area contributed by atoms with Gasteiger partial charge < -0.3 is 15.2 Å². The molecule has 2 atom stereocenters. The van der Waals surface area contributed by atoms with E-state index in [9.17, 15) is 13.9 Å². The Kier molecular flexibility index (Phi) is 6.91. The van der Waals surface area contributed by atoms with Crippen LogP contribution >= 0.6 is 0 Å². The predicted octanol–water partition coefficient (Wildman–Crippen LogP) is 2.40. The third-order valence-corrected chi connectivity index (χ3v) is 3.04. The summed E-state index contributed by atoms with van der Waals surface area (Å²) in [4.78, 5) is 0. The van der Waals surface area contributed by atoms with Crippen LogP contribution in [-0.2, 0) is 4.74 Å². The van der Waals surface area contributed by atoms with Crippen LogP contribution in [0.5, 0.6) is 0 Å². The van der Waals surface area contributed by atoms with Crippen molar-refractivity contribution in [3.05, 3.63) is 35.4 Å². The van der Waals surface area contributed by atoms with Gasteiger partial charge in [0.25, 0.3) is 0 Å². The Morgan fingerprint density at radius 3 is 2.63 bits per heavy atom. The molecule has 1 aromatic carbocycles. The summed E-state index contributed by atoms with van der Waals surface area (Å²) in [6.45, 7) is 3.27. The highest BCUT2D eigenvalue weighted by Crippen LogP contribution is 2.21. The van der Waals surface area contributed by atoms with Crippen molar-refractivity contribution < 1.29 is 18.6 Å². The second-order valence-corrected chi connectivity index (χ2v) is 4.43. The van der Waals surface area contributed by atoms with Gasteiger partial charge >= 0.3 is 0 Å². The standard InChI is InChI=1S/C14H21F2NO2/c1-3-13(17-7-4-8-19-2)14(18)10-5-6-11(15)12(16)9-10/h5-6,9,13-14,17-18H,3-4,7-8H2,1-2H3. The molecule has 19 heavy (non-hydrogen) atoms. The predicted molar refractivity (Wildman–Crippen MR) is 69.9 cm³/mol. The Morgan fingerprint density at radius 2 is 2.05 bits per heavy atom. The highest BCUT2D eigenvalue weighted by atomic mass is 19.2. The fraction of sp³-hybridized carbons (Fsp3) is 0.571. The van der Waals surface area contributed by atoms with Crippen LogP contribution in [0.3, 0.4) is 0 Å². The maximum atomic E-state index is 13.1. The number of aliphatic hydroxyl groups excluding tert-OH is 1. The normalized spacial score (nSPS) is 14.4. The molecule has 2 N–H and O–H groups in total. The first-order valence-electron chi connectivity index (χ1n) is 6.45. The van der Waals surface area contributed by atoms with Crippen LogP contribution in [-0.4, -0.2) is 31.4 Å². The Balaban J connectivity index is 2.61. The highest BCUT2D eigenvalue weighted by molar-refractivity contribution is 5.21. The van der Waals surface area contributed by atoms with E-state index in [4.69, 9.17) is 4.74 Å². The van der Waals surface area contributed by atoms with Crippen LogP contribution in [0.1, 0.15) is 31.4 Å². The van der Waals surface area contributed by atoms with E-state index in [2.05, 4.69) is 5.32 Å². The fourth-order valence-electron chi connectivity index (χ4n) is 1.91. The molecule has 0 amide bonds. The van der Waals surface area contributed by atoms with Gasteiger partial charge in [-0.1, -0.05) is 13.0 Å². The summed E-state index contributed by atoms with van der Waals surface area (Å²) in [6, 6.07) is 3.29. The zero-order valence-corrected chi connectivity index (χ0v) is 11.3. The van der Waals surface area contributed by atoms with Gasteiger partial charge in [0.15, 0.2) is 11.6 Å². The number of hydrogen-bond acceptors (Lipinski definition) is 3. The summed E-state index contributed by atoms with van der Waals surface area (Å²) in [5, 5.41) is 13.4. The minimum absolute atomic E-state index is 0.193. The van der Waals surface area contributed by atoms with Gasteiger partial charge in [-0.3, -0.25) is 0 Å². The summed E-state index contributed by atoms with van der Waals surface area (Å²) in [5.74, 6) is -1.84. The van der Waals surface area contributed by atoms with Crippen LogP contribution < -0.4 is 5.32 Å². The molecule has 0 spiro atoms. The lowest BCUT2D eigenvalue weighted by atomic mass is 10.00. The van der Waals surface area contributed by atoms with Crippen LogP contribution in [0.4, 0.5) is 8.78 Å². The molecular formula is C14H21F2NO2. The molecule has 0 heterocycles. The van der Waals surface area contributed by atoms with Crippen molar-refractivity contribution in [1.82, 2.24) is 5.32 Å². The van der Waals surface area contributed by atoms with Crippen LogP contribution in [0, 0.1) is 11.6 Å². The van der Waals surface area contributed by atoms with Gasteiger partial charge in [-0.25, -0.2) is 8.78 Å². The molecule has 1 rings (SSSR count). The molecule has 108 valence electrons. The number of methoxy groups -OCH3 is 1. The lowest BCUT2D eigenvalue weighted by Crippen LogP contribution is -2.35. The lowest BCUT2D eigenvalue weighted by Gasteiger charge is -2.23. The number of benzene rings is 1. The summed E-state index contributed by atoms with van der Waals surface area (Å²) in [7, 11) is 1.63. The van der Waals surface area contributed by atoms with Crippen LogP contribution in [0.2, 0.25) is 0 Å². The average Bonchev–Trinajstić information content (AvgIpc) is 2.41. The van der Waals surface area contributed by atoms with E-state index in [1.165, 1.54) is 6.07 Å². The monoisotopic (exact) mass is 273 g/mol. The number of halogens is 2. The molecule has 0 aliphatic carbocycles. The summed E-state index contributed by atoms with van der Waals surface area (Å²) < 4.78 is 30.9. The van der Waals surface area contributed by atoms with Gasteiger partial charge in [0.2, 0.25) is 0 Å². The van der Waals surface area contributed by atoms with Gasteiger partial charge in [-0.05, 0) is 37.1 Å². The van der Waals surface area contributed by atoms with Gasteiger partial charge in [0.1, 0.15) is 0 Å². The summed E-state index contributed by atoms with van der Waals surface area (Å²) >= 11 is 0. The van der Waals surface area contributed by atoms with Crippen LogP contribution in [0.25, 0.3) is 0 Å². The summed E-state index contributed by atoms with van der Waals surface area (Å²) in [6.07, 6.45) is 0.660. The van der Waals surface area contributed by atoms with Crippen LogP contribution in [0.15, 0.2) is 18.2 Å². The molecule has 0 bridgehead atoms. The van der Waals surface area contributed by atoms with Crippen molar-refractivity contribution in [3.8, 4) is 0 Å². The van der Waals surface area contributed by atoms with Gasteiger partial charge in [0, 0.05) is 19.8 Å². The van der Waals surface area contributed by atoms with Crippen molar-refractivity contribution >= 4 is 0 Å². The topological polar surface area (TPSA) is 41.5 Å².